The van der Waals surface area contributed by atoms with E-state index in [1.165, 1.54) is 0 Å². The van der Waals surface area contributed by atoms with Gasteiger partial charge in [0, 0.05) is 18.1 Å². The third-order valence-electron chi connectivity index (χ3n) is 1.37. The molecule has 2 amide bonds. The highest BCUT2D eigenvalue weighted by atomic mass is 35.5. The van der Waals surface area contributed by atoms with E-state index in [1.807, 2.05) is 0 Å². The third kappa shape index (κ3) is 6.31. The first kappa shape index (κ1) is 12.8. The van der Waals surface area contributed by atoms with Gasteiger partial charge in [0.1, 0.15) is 0 Å². The average molecular weight is 215 g/mol. The van der Waals surface area contributed by atoms with Gasteiger partial charge in [-0.2, -0.15) is 0 Å². The minimum atomic E-state index is -0.261. The first-order chi connectivity index (χ1) is 6.74. The maximum atomic E-state index is 11.2. The summed E-state index contributed by atoms with van der Waals surface area (Å²) in [6.07, 6.45) is 5.54. The van der Waals surface area contributed by atoms with E-state index in [-0.39, 0.29) is 6.03 Å². The van der Waals surface area contributed by atoms with Gasteiger partial charge >= 0.3 is 6.03 Å². The molecule has 0 aliphatic carbocycles. The highest BCUT2D eigenvalue weighted by Crippen LogP contribution is 1.90. The quantitative estimate of drug-likeness (QED) is 0.397. The smallest absolute Gasteiger partial charge is 0.319 e. The fourth-order valence-corrected chi connectivity index (χ4v) is 0.865. The number of urea groups is 1. The summed E-state index contributed by atoms with van der Waals surface area (Å²) >= 11 is 5.46. The SMILES string of the molecule is C=C/C=C(\C=C)NC(=O)NCCCCl. The minimum Gasteiger partial charge on any atom is -0.338 e. The van der Waals surface area contributed by atoms with Crippen molar-refractivity contribution in [1.29, 1.82) is 0 Å². The Bertz CT molecular complexity index is 236. The van der Waals surface area contributed by atoms with Crippen molar-refractivity contribution in [1.82, 2.24) is 10.6 Å². The lowest BCUT2D eigenvalue weighted by Crippen LogP contribution is -2.35. The van der Waals surface area contributed by atoms with E-state index in [0.717, 1.165) is 6.42 Å². The molecule has 78 valence electrons. The molecule has 0 aromatic rings. The van der Waals surface area contributed by atoms with Crippen molar-refractivity contribution in [2.75, 3.05) is 12.4 Å². The van der Waals surface area contributed by atoms with E-state index in [2.05, 4.69) is 23.8 Å². The summed E-state index contributed by atoms with van der Waals surface area (Å²) in [5.41, 5.74) is 0.614. The summed E-state index contributed by atoms with van der Waals surface area (Å²) in [4.78, 5) is 11.2. The first-order valence-corrected chi connectivity index (χ1v) is 4.84. The van der Waals surface area contributed by atoms with Crippen LogP contribution in [0, 0.1) is 0 Å². The number of amides is 2. The molecule has 3 nitrogen and oxygen atoms in total. The van der Waals surface area contributed by atoms with Gasteiger partial charge in [-0.3, -0.25) is 0 Å². The van der Waals surface area contributed by atoms with Gasteiger partial charge in [-0.1, -0.05) is 19.2 Å². The van der Waals surface area contributed by atoms with Crippen LogP contribution in [0.15, 0.2) is 37.1 Å². The van der Waals surface area contributed by atoms with Crippen molar-refractivity contribution < 1.29 is 4.79 Å². The average Bonchev–Trinajstić information content (AvgIpc) is 2.17. The molecule has 14 heavy (non-hydrogen) atoms. The van der Waals surface area contributed by atoms with Crippen molar-refractivity contribution in [3.8, 4) is 0 Å². The molecule has 0 aromatic carbocycles. The minimum absolute atomic E-state index is 0.261. The standard InChI is InChI=1S/C10H15ClN2O/c1-3-6-9(4-2)13-10(14)12-8-5-7-11/h3-4,6H,1-2,5,7-8H2,(H2,12,13,14)/b9-6+. The molecule has 0 radical (unpaired) electrons. The topological polar surface area (TPSA) is 41.1 Å². The Labute approximate surface area is 89.5 Å². The summed E-state index contributed by atoms with van der Waals surface area (Å²) in [7, 11) is 0. The molecular weight excluding hydrogens is 200 g/mol. The van der Waals surface area contributed by atoms with Crippen LogP contribution in [0.5, 0.6) is 0 Å². The molecule has 0 fully saturated rings. The summed E-state index contributed by atoms with van der Waals surface area (Å²) in [6, 6.07) is -0.261. The van der Waals surface area contributed by atoms with Gasteiger partial charge in [-0.05, 0) is 18.6 Å². The van der Waals surface area contributed by atoms with Crippen LogP contribution in [0.1, 0.15) is 6.42 Å². The molecule has 2 N–H and O–H groups in total. The number of halogens is 1. The first-order valence-electron chi connectivity index (χ1n) is 4.30. The van der Waals surface area contributed by atoms with Crippen molar-refractivity contribution >= 4 is 17.6 Å². The van der Waals surface area contributed by atoms with Gasteiger partial charge in [0.15, 0.2) is 0 Å². The molecule has 0 spiro atoms. The Morgan fingerprint density at radius 2 is 2.14 bits per heavy atom. The van der Waals surface area contributed by atoms with Crippen molar-refractivity contribution in [2.24, 2.45) is 0 Å². The maximum absolute atomic E-state index is 11.2. The molecule has 0 aliphatic heterocycles. The Balaban J connectivity index is 3.85. The van der Waals surface area contributed by atoms with Gasteiger partial charge in [0.2, 0.25) is 0 Å². The Hall–Kier alpha value is -1.22. The Kier molecular flexibility index (Phi) is 7.65. The largest absolute Gasteiger partial charge is 0.338 e. The van der Waals surface area contributed by atoms with Gasteiger partial charge in [0.25, 0.3) is 0 Å². The lowest BCUT2D eigenvalue weighted by Gasteiger charge is -2.06. The lowest BCUT2D eigenvalue weighted by molar-refractivity contribution is 0.243. The zero-order chi connectivity index (χ0) is 10.8. The van der Waals surface area contributed by atoms with E-state index in [0.29, 0.717) is 18.1 Å². The molecule has 0 saturated carbocycles. The van der Waals surface area contributed by atoms with E-state index < -0.39 is 0 Å². The molecule has 4 heteroatoms. The Morgan fingerprint density at radius 3 is 2.64 bits per heavy atom. The molecular formula is C10H15ClN2O. The van der Waals surface area contributed by atoms with Crippen LogP contribution in [-0.2, 0) is 0 Å². The predicted molar refractivity (Wildman–Crippen MR) is 60.3 cm³/mol. The monoisotopic (exact) mass is 214 g/mol. The zero-order valence-electron chi connectivity index (χ0n) is 8.05. The van der Waals surface area contributed by atoms with E-state index >= 15 is 0 Å². The molecule has 0 atom stereocenters. The van der Waals surface area contributed by atoms with Crippen LogP contribution >= 0.6 is 11.6 Å². The molecule has 0 aliphatic rings. The van der Waals surface area contributed by atoms with Crippen LogP contribution in [0.3, 0.4) is 0 Å². The van der Waals surface area contributed by atoms with E-state index in [9.17, 15) is 4.79 Å². The zero-order valence-corrected chi connectivity index (χ0v) is 8.81. The number of alkyl halides is 1. The predicted octanol–water partition coefficient (Wildman–Crippen LogP) is 2.17. The maximum Gasteiger partial charge on any atom is 0.319 e. The highest BCUT2D eigenvalue weighted by molar-refractivity contribution is 6.17. The highest BCUT2D eigenvalue weighted by Gasteiger charge is 1.98. The van der Waals surface area contributed by atoms with Gasteiger partial charge < -0.3 is 10.6 Å². The molecule has 0 heterocycles. The summed E-state index contributed by atoms with van der Waals surface area (Å²) in [6.45, 7) is 7.63. The number of carbonyl (C=O) groups excluding carboxylic acids is 1. The fourth-order valence-electron chi connectivity index (χ4n) is 0.732. The normalized spacial score (nSPS) is 10.5. The van der Waals surface area contributed by atoms with Crippen LogP contribution < -0.4 is 10.6 Å². The van der Waals surface area contributed by atoms with Crippen LogP contribution in [0.2, 0.25) is 0 Å². The Morgan fingerprint density at radius 1 is 1.43 bits per heavy atom. The summed E-state index contributed by atoms with van der Waals surface area (Å²) in [5, 5.41) is 5.25. The van der Waals surface area contributed by atoms with Crippen LogP contribution in [0.4, 0.5) is 4.79 Å². The number of carbonyl (C=O) groups is 1. The second kappa shape index (κ2) is 8.38. The molecule has 0 aromatic heterocycles. The third-order valence-corrected chi connectivity index (χ3v) is 1.64. The van der Waals surface area contributed by atoms with Gasteiger partial charge in [0.05, 0.1) is 0 Å². The number of rotatable bonds is 6. The second-order valence-corrected chi connectivity index (χ2v) is 2.86. The molecule has 0 bridgehead atoms. The van der Waals surface area contributed by atoms with Gasteiger partial charge in [-0.15, -0.1) is 11.6 Å². The van der Waals surface area contributed by atoms with Crippen LogP contribution in [-0.4, -0.2) is 18.5 Å². The number of allylic oxidation sites excluding steroid dienone is 3. The summed E-state index contributed by atoms with van der Waals surface area (Å²) in [5.74, 6) is 0.539. The summed E-state index contributed by atoms with van der Waals surface area (Å²) < 4.78 is 0. The van der Waals surface area contributed by atoms with E-state index in [1.54, 1.807) is 18.2 Å². The lowest BCUT2D eigenvalue weighted by atomic mass is 10.4. The van der Waals surface area contributed by atoms with E-state index in [4.69, 9.17) is 11.6 Å². The number of hydrogen-bond acceptors (Lipinski definition) is 1. The molecule has 0 unspecified atom stereocenters. The molecule has 0 saturated heterocycles. The molecule has 0 rings (SSSR count). The van der Waals surface area contributed by atoms with Crippen LogP contribution in [0.25, 0.3) is 0 Å². The van der Waals surface area contributed by atoms with Gasteiger partial charge in [-0.25, -0.2) is 4.79 Å². The fraction of sp³-hybridized carbons (Fsp3) is 0.300. The second-order valence-electron chi connectivity index (χ2n) is 2.49. The van der Waals surface area contributed by atoms with Crippen molar-refractivity contribution in [2.45, 2.75) is 6.42 Å². The van der Waals surface area contributed by atoms with Crippen molar-refractivity contribution in [3.05, 3.63) is 37.1 Å². The van der Waals surface area contributed by atoms with Crippen molar-refractivity contribution in [3.63, 3.8) is 0 Å². The number of hydrogen-bond donors (Lipinski definition) is 2. The number of nitrogens with one attached hydrogen (secondary N) is 2.